The highest BCUT2D eigenvalue weighted by Gasteiger charge is 2.22. The Kier molecular flexibility index (Phi) is 5.46. The summed E-state index contributed by atoms with van der Waals surface area (Å²) in [6.45, 7) is 1.84. The third kappa shape index (κ3) is 3.93. The van der Waals surface area contributed by atoms with Gasteiger partial charge in [0.15, 0.2) is 0 Å². The number of aromatic nitrogens is 1. The maximum Gasteiger partial charge on any atom is 0.244 e. The van der Waals surface area contributed by atoms with Crippen LogP contribution in [0.4, 0.5) is 0 Å². The Morgan fingerprint density at radius 3 is 2.65 bits per heavy atom. The van der Waals surface area contributed by atoms with Crippen molar-refractivity contribution in [1.29, 1.82) is 0 Å². The van der Waals surface area contributed by atoms with E-state index in [1.807, 2.05) is 13.0 Å². The van der Waals surface area contributed by atoms with Crippen molar-refractivity contribution in [1.82, 2.24) is 9.29 Å². The number of methoxy groups -OCH3 is 1. The van der Waals surface area contributed by atoms with Crippen LogP contribution in [0.5, 0.6) is 5.75 Å². The van der Waals surface area contributed by atoms with Gasteiger partial charge in [-0.2, -0.15) is 0 Å². The monoisotopic (exact) mass is 338 g/mol. The Labute approximate surface area is 136 Å². The Morgan fingerprint density at radius 2 is 2.09 bits per heavy atom. The molecule has 2 rings (SSSR count). The van der Waals surface area contributed by atoms with Crippen molar-refractivity contribution >= 4 is 10.0 Å². The molecule has 126 valence electrons. The molecule has 0 fully saturated rings. The second-order valence-corrected chi connectivity index (χ2v) is 6.99. The second-order valence-electron chi connectivity index (χ2n) is 5.25. The number of rotatable bonds is 7. The molecule has 0 saturated heterocycles. The van der Waals surface area contributed by atoms with E-state index in [0.717, 1.165) is 12.0 Å². The van der Waals surface area contributed by atoms with E-state index >= 15 is 0 Å². The smallest absolute Gasteiger partial charge is 0.244 e. The highest BCUT2D eigenvalue weighted by molar-refractivity contribution is 7.89. The predicted molar refractivity (Wildman–Crippen MR) is 87.9 cm³/mol. The summed E-state index contributed by atoms with van der Waals surface area (Å²) in [5, 5.41) is 10.1. The molecular formula is C16H22N2O4S. The number of nitrogens with zero attached hydrogens (tertiary/aromatic N) is 1. The van der Waals surface area contributed by atoms with Crippen LogP contribution in [-0.4, -0.2) is 31.7 Å². The molecule has 1 heterocycles. The van der Waals surface area contributed by atoms with Gasteiger partial charge in [0, 0.05) is 25.5 Å². The van der Waals surface area contributed by atoms with Gasteiger partial charge >= 0.3 is 0 Å². The van der Waals surface area contributed by atoms with E-state index < -0.39 is 16.1 Å². The molecule has 7 heteroatoms. The minimum Gasteiger partial charge on any atom is -0.495 e. The van der Waals surface area contributed by atoms with Gasteiger partial charge in [0.25, 0.3) is 0 Å². The molecule has 2 N–H and O–H groups in total. The van der Waals surface area contributed by atoms with Gasteiger partial charge in [-0.15, -0.1) is 0 Å². The summed E-state index contributed by atoms with van der Waals surface area (Å²) in [5.74, 6) is 0.281. The quantitative estimate of drug-likeness (QED) is 0.804. The third-order valence-corrected chi connectivity index (χ3v) is 5.16. The number of sulfonamides is 1. The molecule has 0 saturated carbocycles. The van der Waals surface area contributed by atoms with Gasteiger partial charge in [-0.25, -0.2) is 13.1 Å². The zero-order valence-electron chi connectivity index (χ0n) is 13.5. The summed E-state index contributed by atoms with van der Waals surface area (Å²) < 4.78 is 34.4. The van der Waals surface area contributed by atoms with E-state index in [4.69, 9.17) is 4.74 Å². The van der Waals surface area contributed by atoms with Gasteiger partial charge in [-0.05, 0) is 36.2 Å². The molecule has 0 aliphatic carbocycles. The lowest BCUT2D eigenvalue weighted by Crippen LogP contribution is -2.29. The van der Waals surface area contributed by atoms with Gasteiger partial charge in [0.1, 0.15) is 16.7 Å². The lowest BCUT2D eigenvalue weighted by Gasteiger charge is -2.15. The zero-order chi connectivity index (χ0) is 17.0. The molecule has 0 aliphatic heterocycles. The fraction of sp³-hybridized carbons (Fsp3) is 0.375. The predicted octanol–water partition coefficient (Wildman–Crippen LogP) is 1.61. The fourth-order valence-electron chi connectivity index (χ4n) is 2.34. The molecule has 1 unspecified atom stereocenters. The van der Waals surface area contributed by atoms with Gasteiger partial charge in [-0.3, -0.25) is 0 Å². The first kappa shape index (κ1) is 17.5. The van der Waals surface area contributed by atoms with Crippen LogP contribution in [0, 0.1) is 0 Å². The molecular weight excluding hydrogens is 316 g/mol. The summed E-state index contributed by atoms with van der Waals surface area (Å²) in [5.41, 5.74) is 1.54. The summed E-state index contributed by atoms with van der Waals surface area (Å²) in [7, 11) is -0.557. The lowest BCUT2D eigenvalue weighted by atomic mass is 10.2. The van der Waals surface area contributed by atoms with Crippen LogP contribution in [-0.2, 0) is 23.5 Å². The first-order valence-corrected chi connectivity index (χ1v) is 8.83. The third-order valence-electron chi connectivity index (χ3n) is 3.72. The van der Waals surface area contributed by atoms with Crippen molar-refractivity contribution in [2.24, 2.45) is 7.05 Å². The summed E-state index contributed by atoms with van der Waals surface area (Å²) in [4.78, 5) is 0.0819. The van der Waals surface area contributed by atoms with Crippen LogP contribution >= 0.6 is 0 Å². The number of hydrogen-bond acceptors (Lipinski definition) is 4. The minimum absolute atomic E-state index is 0.0819. The van der Waals surface area contributed by atoms with Crippen LogP contribution in [0.1, 0.15) is 24.3 Å². The Bertz CT molecular complexity index is 768. The molecule has 0 bridgehead atoms. The molecule has 6 nitrogen and oxygen atoms in total. The number of aliphatic hydroxyl groups is 1. The van der Waals surface area contributed by atoms with Crippen molar-refractivity contribution in [3.8, 4) is 5.75 Å². The highest BCUT2D eigenvalue weighted by Crippen LogP contribution is 2.25. The van der Waals surface area contributed by atoms with E-state index in [2.05, 4.69) is 4.72 Å². The SMILES string of the molecule is CCc1ccc(OC)c(S(=O)(=O)NCC(O)c2cccn2C)c1. The molecule has 1 aromatic heterocycles. The molecule has 2 aromatic rings. The number of aliphatic hydroxyl groups excluding tert-OH is 1. The number of aryl methyl sites for hydroxylation is 2. The first-order chi connectivity index (χ1) is 10.9. The van der Waals surface area contributed by atoms with Crippen LogP contribution in [0.15, 0.2) is 41.4 Å². The van der Waals surface area contributed by atoms with Crippen LogP contribution < -0.4 is 9.46 Å². The summed E-state index contributed by atoms with van der Waals surface area (Å²) in [6, 6.07) is 8.60. The zero-order valence-corrected chi connectivity index (χ0v) is 14.3. The Morgan fingerprint density at radius 1 is 1.35 bits per heavy atom. The van der Waals surface area contributed by atoms with E-state index in [0.29, 0.717) is 5.69 Å². The normalized spacial score (nSPS) is 13.0. The summed E-state index contributed by atoms with van der Waals surface area (Å²) >= 11 is 0. The molecule has 0 spiro atoms. The highest BCUT2D eigenvalue weighted by atomic mass is 32.2. The van der Waals surface area contributed by atoms with Crippen molar-refractivity contribution in [3.63, 3.8) is 0 Å². The van der Waals surface area contributed by atoms with E-state index in [1.165, 1.54) is 7.11 Å². The molecule has 1 aromatic carbocycles. The van der Waals surface area contributed by atoms with Gasteiger partial charge < -0.3 is 14.4 Å². The number of ether oxygens (including phenoxy) is 1. The standard InChI is InChI=1S/C16H22N2O4S/c1-4-12-7-8-15(22-3)16(10-12)23(20,21)17-11-14(19)13-6-5-9-18(13)2/h5-10,14,17,19H,4,11H2,1-3H3. The van der Waals surface area contributed by atoms with Gasteiger partial charge in [0.05, 0.1) is 7.11 Å². The van der Waals surface area contributed by atoms with E-state index in [-0.39, 0.29) is 17.2 Å². The molecule has 23 heavy (non-hydrogen) atoms. The van der Waals surface area contributed by atoms with Crippen molar-refractivity contribution in [2.45, 2.75) is 24.3 Å². The van der Waals surface area contributed by atoms with E-state index in [9.17, 15) is 13.5 Å². The maximum atomic E-state index is 12.5. The lowest BCUT2D eigenvalue weighted by molar-refractivity contribution is 0.173. The molecule has 1 atom stereocenters. The topological polar surface area (TPSA) is 80.6 Å². The summed E-state index contributed by atoms with van der Waals surface area (Å²) in [6.07, 6.45) is 1.59. The van der Waals surface area contributed by atoms with Crippen molar-refractivity contribution < 1.29 is 18.3 Å². The van der Waals surface area contributed by atoms with Crippen LogP contribution in [0.2, 0.25) is 0 Å². The molecule has 0 amide bonds. The molecule has 0 aliphatic rings. The number of benzene rings is 1. The fourth-order valence-corrected chi connectivity index (χ4v) is 3.60. The Balaban J connectivity index is 2.20. The maximum absolute atomic E-state index is 12.5. The Hall–Kier alpha value is -1.83. The first-order valence-electron chi connectivity index (χ1n) is 7.35. The molecule has 0 radical (unpaired) electrons. The average Bonchev–Trinajstić information content (AvgIpc) is 2.98. The second kappa shape index (κ2) is 7.16. The van der Waals surface area contributed by atoms with Crippen molar-refractivity contribution in [2.75, 3.05) is 13.7 Å². The van der Waals surface area contributed by atoms with E-state index in [1.54, 1.807) is 42.1 Å². The number of nitrogens with one attached hydrogen (secondary N) is 1. The van der Waals surface area contributed by atoms with Crippen LogP contribution in [0.3, 0.4) is 0 Å². The van der Waals surface area contributed by atoms with Crippen molar-refractivity contribution in [3.05, 3.63) is 47.8 Å². The largest absolute Gasteiger partial charge is 0.495 e. The van der Waals surface area contributed by atoms with Gasteiger partial charge in [-0.1, -0.05) is 13.0 Å². The minimum atomic E-state index is -3.78. The average molecular weight is 338 g/mol. The van der Waals surface area contributed by atoms with Gasteiger partial charge in [0.2, 0.25) is 10.0 Å². The van der Waals surface area contributed by atoms with Crippen LogP contribution in [0.25, 0.3) is 0 Å². The number of hydrogen-bond donors (Lipinski definition) is 2.